The van der Waals surface area contributed by atoms with E-state index in [2.05, 4.69) is 4.98 Å². The first-order valence-corrected chi connectivity index (χ1v) is 2.75. The molecule has 3 N–H and O–H groups in total. The van der Waals surface area contributed by atoms with Crippen LogP contribution < -0.4 is 11.3 Å². The van der Waals surface area contributed by atoms with Crippen LogP contribution in [-0.2, 0) is 0 Å². The fourth-order valence-corrected chi connectivity index (χ4v) is 0.587. The fourth-order valence-electron chi connectivity index (χ4n) is 0.587. The normalized spacial score (nSPS) is 8.90. The zero-order valence-corrected chi connectivity index (χ0v) is 5.24. The van der Waals surface area contributed by atoms with Gasteiger partial charge in [-0.25, -0.2) is 5.84 Å². The van der Waals surface area contributed by atoms with Gasteiger partial charge in [0, 0.05) is 18.0 Å². The monoisotopic (exact) mass is 140 g/mol. The Morgan fingerprint density at radius 1 is 1.50 bits per heavy atom. The van der Waals surface area contributed by atoms with Crippen LogP contribution in [0.5, 0.6) is 0 Å². The van der Waals surface area contributed by atoms with Gasteiger partial charge in [-0.15, -0.1) is 0 Å². The van der Waals surface area contributed by atoms with Gasteiger partial charge in [-0.05, 0) is 12.1 Å². The fraction of sp³-hybridized carbons (Fsp3) is 0. The second kappa shape index (κ2) is 2.93. The number of carbonyl (C=O) groups is 1. The summed E-state index contributed by atoms with van der Waals surface area (Å²) in [5, 5.41) is 0. The second-order valence-corrected chi connectivity index (χ2v) is 1.71. The maximum absolute atomic E-state index is 10.7. The number of hydrogen-bond acceptors (Lipinski definition) is 3. The smallest absolute Gasteiger partial charge is 0.265 e. The third kappa shape index (κ3) is 1.29. The topological polar surface area (TPSA) is 68.0 Å². The molecule has 1 rings (SSSR count). The molecule has 0 radical (unpaired) electrons. The molecule has 0 saturated heterocycles. The van der Waals surface area contributed by atoms with Gasteiger partial charge in [-0.1, -0.05) is 0 Å². The first kappa shape index (κ1) is 6.70. The zero-order chi connectivity index (χ0) is 7.40. The molecule has 0 aliphatic carbocycles. The standard InChI is InChI=1S/C6H7N3O/c7-9-6(10)5-1-3-8-4-2-5/h1-4H,7H2,(H,9,10)/i6+1,7+1,9+1. The number of aromatic nitrogens is 1. The lowest BCUT2D eigenvalue weighted by atomic mass is 10.4. The van der Waals surface area contributed by atoms with Gasteiger partial charge in [0.2, 0.25) is 0 Å². The summed E-state index contributed by atoms with van der Waals surface area (Å²) < 4.78 is 0. The van der Waals surface area contributed by atoms with Crippen LogP contribution in [0.2, 0.25) is 0 Å². The highest BCUT2D eigenvalue weighted by Crippen LogP contribution is 1.93. The van der Waals surface area contributed by atoms with Crippen LogP contribution in [0.25, 0.3) is 0 Å². The number of amides is 1. The summed E-state index contributed by atoms with van der Waals surface area (Å²) in [5.41, 5.74) is 2.53. The predicted octanol–water partition coefficient (Wildman–Crippen LogP) is -0.315. The third-order valence-electron chi connectivity index (χ3n) is 1.07. The highest BCUT2D eigenvalue weighted by Gasteiger charge is 1.98. The molecule has 4 heteroatoms. The van der Waals surface area contributed by atoms with Crippen molar-refractivity contribution in [2.45, 2.75) is 0 Å². The van der Waals surface area contributed by atoms with Crippen molar-refractivity contribution in [1.82, 2.24) is 10.4 Å². The van der Waals surface area contributed by atoms with Crippen LogP contribution >= 0.6 is 0 Å². The summed E-state index contributed by atoms with van der Waals surface area (Å²) in [4.78, 5) is 14.5. The zero-order valence-electron chi connectivity index (χ0n) is 5.24. The van der Waals surface area contributed by atoms with E-state index in [-0.39, 0.29) is 5.91 Å². The number of nitrogen functional groups attached to an aromatic ring is 1. The molecule has 0 aliphatic heterocycles. The number of rotatable bonds is 1. The van der Waals surface area contributed by atoms with E-state index >= 15 is 0 Å². The van der Waals surface area contributed by atoms with E-state index in [4.69, 9.17) is 5.84 Å². The van der Waals surface area contributed by atoms with Crippen molar-refractivity contribution < 1.29 is 4.79 Å². The lowest BCUT2D eigenvalue weighted by molar-refractivity contribution is 0.0953. The molecule has 0 bridgehead atoms. The molecule has 0 fully saturated rings. The quantitative estimate of drug-likeness (QED) is 0.185. The number of pyridine rings is 1. The van der Waals surface area contributed by atoms with Crippen LogP contribution in [0.4, 0.5) is 0 Å². The van der Waals surface area contributed by atoms with Crippen LogP contribution in [0.1, 0.15) is 10.4 Å². The molecule has 10 heavy (non-hydrogen) atoms. The number of carbonyl (C=O) groups excluding carboxylic acids is 1. The molecule has 1 aromatic rings. The van der Waals surface area contributed by atoms with Crippen molar-refractivity contribution in [1.29, 1.82) is 0 Å². The van der Waals surface area contributed by atoms with Crippen LogP contribution in [-0.4, -0.2) is 10.9 Å². The third-order valence-corrected chi connectivity index (χ3v) is 1.07. The van der Waals surface area contributed by atoms with Crippen molar-refractivity contribution in [2.24, 2.45) is 5.84 Å². The number of nitrogens with one attached hydrogen (secondary N) is 1. The van der Waals surface area contributed by atoms with E-state index in [1.165, 1.54) is 12.4 Å². The van der Waals surface area contributed by atoms with Gasteiger partial charge >= 0.3 is 0 Å². The van der Waals surface area contributed by atoms with Gasteiger partial charge in [-0.2, -0.15) is 0 Å². The van der Waals surface area contributed by atoms with E-state index in [1.54, 1.807) is 12.1 Å². The Hall–Kier alpha value is -1.42. The SMILES string of the molecule is [15NH2][15NH][13C](=O)c1ccncc1. The highest BCUT2D eigenvalue weighted by atomic mass is 16.3. The summed E-state index contributed by atoms with van der Waals surface area (Å²) in [7, 11) is 0. The Balaban J connectivity index is 2.85. The minimum atomic E-state index is -0.303. The molecule has 0 saturated carbocycles. The molecule has 0 unspecified atom stereocenters. The molecule has 4 nitrogen and oxygen atoms in total. The Bertz CT molecular complexity index is 222. The van der Waals surface area contributed by atoms with E-state index < -0.39 is 0 Å². The van der Waals surface area contributed by atoms with Gasteiger partial charge in [0.05, 0.1) is 0 Å². The van der Waals surface area contributed by atoms with E-state index in [0.29, 0.717) is 5.56 Å². The molecule has 0 aliphatic rings. The van der Waals surface area contributed by atoms with Gasteiger partial charge in [0.1, 0.15) is 0 Å². The second-order valence-electron chi connectivity index (χ2n) is 1.71. The molecule has 52 valence electrons. The lowest BCUT2D eigenvalue weighted by Crippen LogP contribution is -2.29. The molecular weight excluding hydrogens is 133 g/mol. The number of hydrazine groups is 1. The van der Waals surface area contributed by atoms with Gasteiger partial charge in [-0.3, -0.25) is 15.2 Å². The molecule has 0 aromatic carbocycles. The molecule has 1 heterocycles. The molecule has 0 spiro atoms. The van der Waals surface area contributed by atoms with E-state index in [9.17, 15) is 4.79 Å². The average Bonchev–Trinajstić information content (AvgIpc) is 2.05. The molecular formula is C6H7N3O. The largest absolute Gasteiger partial charge is 0.290 e. The molecule has 1 aromatic heterocycles. The van der Waals surface area contributed by atoms with Crippen molar-refractivity contribution in [3.8, 4) is 0 Å². The van der Waals surface area contributed by atoms with E-state index in [0.717, 1.165) is 0 Å². The first-order valence-electron chi connectivity index (χ1n) is 2.75. The Kier molecular flexibility index (Phi) is 1.96. The maximum Gasteiger partial charge on any atom is 0.265 e. The molecule has 1 amide bonds. The number of nitrogens with zero attached hydrogens (tertiary/aromatic N) is 1. The maximum atomic E-state index is 10.7. The van der Waals surface area contributed by atoms with Gasteiger partial charge in [0.15, 0.2) is 0 Å². The Labute approximate surface area is 58.0 Å². The minimum Gasteiger partial charge on any atom is -0.290 e. The molecule has 0 atom stereocenters. The summed E-state index contributed by atoms with van der Waals surface area (Å²) in [6, 6.07) is 3.17. The first-order chi connectivity index (χ1) is 4.84. The highest BCUT2D eigenvalue weighted by molar-refractivity contribution is 5.93. The number of hydrogen-bond donors (Lipinski definition) is 2. The van der Waals surface area contributed by atoms with Gasteiger partial charge in [0.25, 0.3) is 5.91 Å². The summed E-state index contributed by atoms with van der Waals surface area (Å²) >= 11 is 0. The van der Waals surface area contributed by atoms with Gasteiger partial charge < -0.3 is 0 Å². The summed E-state index contributed by atoms with van der Waals surface area (Å²) in [6.07, 6.45) is 3.06. The number of nitrogens with two attached hydrogens (primary N) is 1. The van der Waals surface area contributed by atoms with Crippen molar-refractivity contribution >= 4 is 5.91 Å². The van der Waals surface area contributed by atoms with E-state index in [1.807, 2.05) is 5.43 Å². The lowest BCUT2D eigenvalue weighted by Gasteiger charge is -1.95. The van der Waals surface area contributed by atoms with Crippen molar-refractivity contribution in [2.75, 3.05) is 0 Å². The minimum absolute atomic E-state index is 0.303. The van der Waals surface area contributed by atoms with Crippen molar-refractivity contribution in [3.63, 3.8) is 0 Å². The summed E-state index contributed by atoms with van der Waals surface area (Å²) in [5.74, 6) is 4.58. The Morgan fingerprint density at radius 2 is 2.10 bits per heavy atom. The van der Waals surface area contributed by atoms with Crippen molar-refractivity contribution in [3.05, 3.63) is 30.1 Å². The summed E-state index contributed by atoms with van der Waals surface area (Å²) in [6.45, 7) is 0. The van der Waals surface area contributed by atoms with Crippen LogP contribution in [0, 0.1) is 0 Å². The van der Waals surface area contributed by atoms with Crippen LogP contribution in [0.3, 0.4) is 0 Å². The van der Waals surface area contributed by atoms with Crippen LogP contribution in [0.15, 0.2) is 24.5 Å². The predicted molar refractivity (Wildman–Crippen MR) is 35.9 cm³/mol. The Morgan fingerprint density at radius 3 is 2.60 bits per heavy atom. The average molecular weight is 140 g/mol.